The maximum absolute atomic E-state index is 3.66. The molecule has 0 bridgehead atoms. The molecule has 0 aliphatic carbocycles. The molecule has 0 amide bonds. The van der Waals surface area contributed by atoms with Gasteiger partial charge in [-0.2, -0.15) is 0 Å². The summed E-state index contributed by atoms with van der Waals surface area (Å²) in [5, 5.41) is 3.66. The Labute approximate surface area is 113 Å². The van der Waals surface area contributed by atoms with Crippen molar-refractivity contribution in [1.29, 1.82) is 0 Å². The van der Waals surface area contributed by atoms with Gasteiger partial charge < -0.3 is 10.2 Å². The Morgan fingerprint density at radius 3 is 2.65 bits per heavy atom. The highest BCUT2D eigenvalue weighted by Crippen LogP contribution is 2.26. The van der Waals surface area contributed by atoms with Crippen LogP contribution in [-0.4, -0.2) is 24.7 Å². The average molecular weight is 297 g/mol. The number of anilines is 1. The molecule has 1 saturated heterocycles. The fourth-order valence-electron chi connectivity index (χ4n) is 2.31. The first-order valence-electron chi connectivity index (χ1n) is 6.31. The fourth-order valence-corrected chi connectivity index (χ4v) is 2.57. The van der Waals surface area contributed by atoms with Crippen molar-refractivity contribution in [3.63, 3.8) is 0 Å². The molecule has 1 aliphatic rings. The molecule has 0 radical (unpaired) electrons. The van der Waals surface area contributed by atoms with Gasteiger partial charge in [-0.25, -0.2) is 0 Å². The van der Waals surface area contributed by atoms with Crippen LogP contribution < -0.4 is 10.2 Å². The van der Waals surface area contributed by atoms with Crippen molar-refractivity contribution >= 4 is 21.6 Å². The van der Waals surface area contributed by atoms with Crippen LogP contribution >= 0.6 is 15.9 Å². The van der Waals surface area contributed by atoms with E-state index >= 15 is 0 Å². The van der Waals surface area contributed by atoms with Crippen molar-refractivity contribution in [2.24, 2.45) is 0 Å². The van der Waals surface area contributed by atoms with Gasteiger partial charge in [-0.05, 0) is 44.5 Å². The Kier molecular flexibility index (Phi) is 3.79. The van der Waals surface area contributed by atoms with Gasteiger partial charge in [0.1, 0.15) is 0 Å². The third-order valence-electron chi connectivity index (χ3n) is 3.81. The number of hydrogen-bond donors (Lipinski definition) is 1. The SMILES string of the molecule is CCC1(C)CN(c2ccc(Br)cc2)C(C)CN1. The molecule has 1 aromatic carbocycles. The molecule has 1 aliphatic heterocycles. The molecule has 3 heteroatoms. The standard InChI is InChI=1S/C14H21BrN2/c1-4-14(3)10-17(11(2)9-16-14)13-7-5-12(15)6-8-13/h5-8,11,16H,4,9-10H2,1-3H3. The zero-order chi connectivity index (χ0) is 12.5. The maximum atomic E-state index is 3.66. The molecule has 2 atom stereocenters. The Hall–Kier alpha value is -0.540. The molecular weight excluding hydrogens is 276 g/mol. The molecule has 2 nitrogen and oxygen atoms in total. The van der Waals surface area contributed by atoms with E-state index in [0.29, 0.717) is 6.04 Å². The second kappa shape index (κ2) is 4.99. The van der Waals surface area contributed by atoms with Crippen LogP contribution in [0.4, 0.5) is 5.69 Å². The zero-order valence-electron chi connectivity index (χ0n) is 10.8. The van der Waals surface area contributed by atoms with Gasteiger partial charge in [0, 0.05) is 34.8 Å². The average Bonchev–Trinajstić information content (AvgIpc) is 2.34. The molecule has 0 saturated carbocycles. The van der Waals surface area contributed by atoms with E-state index in [1.54, 1.807) is 0 Å². The van der Waals surface area contributed by atoms with Crippen molar-refractivity contribution in [2.75, 3.05) is 18.0 Å². The molecule has 17 heavy (non-hydrogen) atoms. The first-order chi connectivity index (χ1) is 8.04. The highest BCUT2D eigenvalue weighted by atomic mass is 79.9. The van der Waals surface area contributed by atoms with E-state index in [9.17, 15) is 0 Å². The molecule has 1 fully saturated rings. The number of piperazine rings is 1. The first-order valence-corrected chi connectivity index (χ1v) is 7.10. The molecule has 2 rings (SSSR count). The summed E-state index contributed by atoms with van der Waals surface area (Å²) in [6.07, 6.45) is 1.16. The van der Waals surface area contributed by atoms with Crippen LogP contribution in [0.5, 0.6) is 0 Å². The van der Waals surface area contributed by atoms with E-state index in [4.69, 9.17) is 0 Å². The largest absolute Gasteiger partial charge is 0.366 e. The number of rotatable bonds is 2. The highest BCUT2D eigenvalue weighted by Gasteiger charge is 2.32. The lowest BCUT2D eigenvalue weighted by Crippen LogP contribution is -2.62. The summed E-state index contributed by atoms with van der Waals surface area (Å²) in [6, 6.07) is 9.18. The van der Waals surface area contributed by atoms with Gasteiger partial charge in [-0.15, -0.1) is 0 Å². The van der Waals surface area contributed by atoms with Crippen LogP contribution in [-0.2, 0) is 0 Å². The minimum Gasteiger partial charge on any atom is -0.366 e. The maximum Gasteiger partial charge on any atom is 0.0387 e. The second-order valence-corrected chi connectivity index (χ2v) is 6.16. The summed E-state index contributed by atoms with van der Waals surface area (Å²) in [5.74, 6) is 0. The van der Waals surface area contributed by atoms with E-state index in [-0.39, 0.29) is 5.54 Å². The van der Waals surface area contributed by atoms with Crippen LogP contribution in [0, 0.1) is 0 Å². The van der Waals surface area contributed by atoms with Crippen LogP contribution in [0.1, 0.15) is 27.2 Å². The van der Waals surface area contributed by atoms with E-state index < -0.39 is 0 Å². The van der Waals surface area contributed by atoms with Crippen molar-refractivity contribution in [3.8, 4) is 0 Å². The lowest BCUT2D eigenvalue weighted by Gasteiger charge is -2.46. The number of benzene rings is 1. The van der Waals surface area contributed by atoms with Crippen LogP contribution in [0.15, 0.2) is 28.7 Å². The molecule has 1 heterocycles. The van der Waals surface area contributed by atoms with Crippen molar-refractivity contribution in [2.45, 2.75) is 38.8 Å². The van der Waals surface area contributed by atoms with Gasteiger partial charge in [0.15, 0.2) is 0 Å². The van der Waals surface area contributed by atoms with Crippen LogP contribution in [0.2, 0.25) is 0 Å². The number of nitrogens with one attached hydrogen (secondary N) is 1. The summed E-state index contributed by atoms with van der Waals surface area (Å²) in [6.45, 7) is 8.98. The molecule has 2 unspecified atom stereocenters. The minimum absolute atomic E-state index is 0.236. The number of hydrogen-bond acceptors (Lipinski definition) is 2. The van der Waals surface area contributed by atoms with Crippen LogP contribution in [0.3, 0.4) is 0 Å². The molecular formula is C14H21BrN2. The van der Waals surface area contributed by atoms with Crippen molar-refractivity contribution < 1.29 is 0 Å². The normalized spacial score (nSPS) is 29.4. The van der Waals surface area contributed by atoms with Gasteiger partial charge in [0.25, 0.3) is 0 Å². The van der Waals surface area contributed by atoms with Gasteiger partial charge in [0.05, 0.1) is 0 Å². The quantitative estimate of drug-likeness (QED) is 0.900. The third kappa shape index (κ3) is 2.83. The molecule has 1 N–H and O–H groups in total. The number of nitrogens with zero attached hydrogens (tertiary/aromatic N) is 1. The van der Waals surface area contributed by atoms with Gasteiger partial charge >= 0.3 is 0 Å². The van der Waals surface area contributed by atoms with Crippen molar-refractivity contribution in [3.05, 3.63) is 28.7 Å². The monoisotopic (exact) mass is 296 g/mol. The molecule has 0 spiro atoms. The summed E-state index contributed by atoms with van der Waals surface area (Å²) >= 11 is 3.49. The van der Waals surface area contributed by atoms with Gasteiger partial charge in [0.2, 0.25) is 0 Å². The fraction of sp³-hybridized carbons (Fsp3) is 0.571. The van der Waals surface area contributed by atoms with Gasteiger partial charge in [-0.1, -0.05) is 22.9 Å². The van der Waals surface area contributed by atoms with E-state index in [0.717, 1.165) is 24.0 Å². The Morgan fingerprint density at radius 1 is 1.41 bits per heavy atom. The van der Waals surface area contributed by atoms with Crippen LogP contribution in [0.25, 0.3) is 0 Å². The predicted octanol–water partition coefficient (Wildman–Crippen LogP) is 3.42. The molecule has 1 aromatic rings. The van der Waals surface area contributed by atoms with E-state index in [2.05, 4.69) is 71.2 Å². The summed E-state index contributed by atoms with van der Waals surface area (Å²) < 4.78 is 1.14. The van der Waals surface area contributed by atoms with Gasteiger partial charge in [-0.3, -0.25) is 0 Å². The lowest BCUT2D eigenvalue weighted by atomic mass is 9.93. The molecule has 94 valence electrons. The van der Waals surface area contributed by atoms with Crippen molar-refractivity contribution in [1.82, 2.24) is 5.32 Å². The molecule has 0 aromatic heterocycles. The third-order valence-corrected chi connectivity index (χ3v) is 4.34. The Morgan fingerprint density at radius 2 is 2.06 bits per heavy atom. The zero-order valence-corrected chi connectivity index (χ0v) is 12.4. The summed E-state index contributed by atoms with van der Waals surface area (Å²) in [4.78, 5) is 2.51. The first kappa shape index (κ1) is 12.9. The highest BCUT2D eigenvalue weighted by molar-refractivity contribution is 9.10. The van der Waals surface area contributed by atoms with E-state index in [1.807, 2.05) is 0 Å². The smallest absolute Gasteiger partial charge is 0.0387 e. The minimum atomic E-state index is 0.236. The second-order valence-electron chi connectivity index (χ2n) is 5.25. The lowest BCUT2D eigenvalue weighted by molar-refractivity contribution is 0.285. The van der Waals surface area contributed by atoms with E-state index in [1.165, 1.54) is 5.69 Å². The summed E-state index contributed by atoms with van der Waals surface area (Å²) in [5.41, 5.74) is 1.56. The number of halogens is 1. The predicted molar refractivity (Wildman–Crippen MR) is 77.6 cm³/mol. The Bertz CT molecular complexity index is 376. The Balaban J connectivity index is 2.20. The topological polar surface area (TPSA) is 15.3 Å². The summed E-state index contributed by atoms with van der Waals surface area (Å²) in [7, 11) is 0.